The van der Waals surface area contributed by atoms with Crippen molar-refractivity contribution < 1.29 is 4.74 Å². The molecule has 0 saturated heterocycles. The molecule has 3 rings (SSSR count). The second-order valence-electron chi connectivity index (χ2n) is 4.57. The van der Waals surface area contributed by atoms with Gasteiger partial charge in [-0.15, -0.1) is 11.3 Å². The molecule has 0 saturated carbocycles. The molecule has 0 atom stereocenters. The summed E-state index contributed by atoms with van der Waals surface area (Å²) in [6.07, 6.45) is 0. The van der Waals surface area contributed by atoms with E-state index in [1.807, 2.05) is 29.6 Å². The first-order chi connectivity index (χ1) is 10.4. The van der Waals surface area contributed by atoms with Crippen LogP contribution in [0.25, 0.3) is 10.8 Å². The molecule has 2 nitrogen and oxygen atoms in total. The number of nitrogens with two attached hydrogens (primary N) is 1. The summed E-state index contributed by atoms with van der Waals surface area (Å²) >= 11 is 1.66. The van der Waals surface area contributed by atoms with Crippen molar-refractivity contribution in [2.75, 3.05) is 6.54 Å². The molecule has 2 N–H and O–H groups in total. The lowest BCUT2D eigenvalue weighted by Crippen LogP contribution is -1.94. The second kappa shape index (κ2) is 6.45. The molecule has 3 aromatic rings. The third kappa shape index (κ3) is 3.25. The second-order valence-corrected chi connectivity index (χ2v) is 5.57. The normalized spacial score (nSPS) is 10.1. The lowest BCUT2D eigenvalue weighted by molar-refractivity contribution is 0.313. The molecule has 2 aromatic carbocycles. The fourth-order valence-electron chi connectivity index (χ4n) is 2.15. The smallest absolute Gasteiger partial charge is 0.127 e. The van der Waals surface area contributed by atoms with E-state index < -0.39 is 0 Å². The molecule has 1 heterocycles. The number of thiophene rings is 1. The van der Waals surface area contributed by atoms with E-state index in [0.29, 0.717) is 13.2 Å². The summed E-state index contributed by atoms with van der Waals surface area (Å²) in [5.74, 6) is 6.80. The van der Waals surface area contributed by atoms with Gasteiger partial charge in [-0.25, -0.2) is 0 Å². The number of hydrogen-bond acceptors (Lipinski definition) is 3. The first-order valence-corrected chi connectivity index (χ1v) is 7.62. The van der Waals surface area contributed by atoms with Crippen LogP contribution in [0.1, 0.15) is 10.4 Å². The Hall–Kier alpha value is -2.28. The Labute approximate surface area is 128 Å². The Morgan fingerprint density at radius 2 is 1.95 bits per heavy atom. The summed E-state index contributed by atoms with van der Waals surface area (Å²) in [7, 11) is 0. The fraction of sp³-hybridized carbons (Fsp3) is 0.111. The Bertz CT molecular complexity index is 805. The first kappa shape index (κ1) is 13.7. The molecule has 104 valence electrons. The van der Waals surface area contributed by atoms with Crippen LogP contribution in [-0.4, -0.2) is 6.54 Å². The van der Waals surface area contributed by atoms with Gasteiger partial charge >= 0.3 is 0 Å². The summed E-state index contributed by atoms with van der Waals surface area (Å²) in [6.45, 7) is 0.945. The standard InChI is InChI=1S/C18H15NOS/c19-10-4-5-14-11-16(21-13-14)12-20-18-9-3-7-15-6-1-2-8-17(15)18/h1-3,6-9,11,13H,10,12,19H2. The van der Waals surface area contributed by atoms with Gasteiger partial charge in [-0.2, -0.15) is 0 Å². The van der Waals surface area contributed by atoms with Crippen molar-refractivity contribution in [3.05, 3.63) is 64.4 Å². The molecule has 3 heteroatoms. The zero-order valence-electron chi connectivity index (χ0n) is 11.5. The largest absolute Gasteiger partial charge is 0.487 e. The van der Waals surface area contributed by atoms with Crippen molar-refractivity contribution in [3.8, 4) is 17.6 Å². The highest BCUT2D eigenvalue weighted by Crippen LogP contribution is 2.26. The van der Waals surface area contributed by atoms with E-state index in [1.165, 1.54) is 5.39 Å². The van der Waals surface area contributed by atoms with Gasteiger partial charge in [0.15, 0.2) is 0 Å². The van der Waals surface area contributed by atoms with Crippen LogP contribution >= 0.6 is 11.3 Å². The molecule has 0 aliphatic heterocycles. The number of ether oxygens (including phenoxy) is 1. The summed E-state index contributed by atoms with van der Waals surface area (Å²) in [5.41, 5.74) is 6.38. The van der Waals surface area contributed by atoms with Gasteiger partial charge in [0.2, 0.25) is 0 Å². The summed E-state index contributed by atoms with van der Waals surface area (Å²) in [6, 6.07) is 16.4. The van der Waals surface area contributed by atoms with Gasteiger partial charge in [-0.3, -0.25) is 0 Å². The van der Waals surface area contributed by atoms with Gasteiger partial charge in [0.25, 0.3) is 0 Å². The molecule has 0 aliphatic carbocycles. The van der Waals surface area contributed by atoms with Crippen molar-refractivity contribution in [2.24, 2.45) is 5.73 Å². The molecular formula is C18H15NOS. The minimum absolute atomic E-state index is 0.387. The highest BCUT2D eigenvalue weighted by Gasteiger charge is 2.03. The van der Waals surface area contributed by atoms with E-state index in [9.17, 15) is 0 Å². The van der Waals surface area contributed by atoms with Gasteiger partial charge < -0.3 is 10.5 Å². The zero-order valence-corrected chi connectivity index (χ0v) is 12.3. The molecule has 0 unspecified atom stereocenters. The van der Waals surface area contributed by atoms with Crippen LogP contribution in [0.5, 0.6) is 5.75 Å². The highest BCUT2D eigenvalue weighted by atomic mass is 32.1. The van der Waals surface area contributed by atoms with Crippen LogP contribution in [0.3, 0.4) is 0 Å². The topological polar surface area (TPSA) is 35.2 Å². The van der Waals surface area contributed by atoms with E-state index in [0.717, 1.165) is 21.6 Å². The van der Waals surface area contributed by atoms with Gasteiger partial charge in [0.05, 0.1) is 6.54 Å². The van der Waals surface area contributed by atoms with Gasteiger partial charge in [-0.05, 0) is 17.5 Å². The minimum atomic E-state index is 0.387. The van der Waals surface area contributed by atoms with Crippen molar-refractivity contribution in [1.82, 2.24) is 0 Å². The Kier molecular flexibility index (Phi) is 4.20. The number of rotatable bonds is 3. The van der Waals surface area contributed by atoms with E-state index in [4.69, 9.17) is 10.5 Å². The van der Waals surface area contributed by atoms with Crippen molar-refractivity contribution >= 4 is 22.1 Å². The zero-order chi connectivity index (χ0) is 14.5. The first-order valence-electron chi connectivity index (χ1n) is 6.74. The Morgan fingerprint density at radius 1 is 1.10 bits per heavy atom. The molecule has 1 aromatic heterocycles. The monoisotopic (exact) mass is 293 g/mol. The van der Waals surface area contributed by atoms with Crippen LogP contribution < -0.4 is 10.5 Å². The van der Waals surface area contributed by atoms with Gasteiger partial charge in [-0.1, -0.05) is 48.2 Å². The average Bonchev–Trinajstić information content (AvgIpc) is 2.99. The molecule has 0 radical (unpaired) electrons. The molecule has 0 fully saturated rings. The predicted molar refractivity (Wildman–Crippen MR) is 88.5 cm³/mol. The molecule has 0 spiro atoms. The van der Waals surface area contributed by atoms with Crippen molar-refractivity contribution in [1.29, 1.82) is 0 Å². The van der Waals surface area contributed by atoms with E-state index in [1.54, 1.807) is 11.3 Å². The SMILES string of the molecule is NCC#Cc1csc(COc2cccc3ccccc23)c1. The highest BCUT2D eigenvalue weighted by molar-refractivity contribution is 7.10. The molecular weight excluding hydrogens is 278 g/mol. The van der Waals surface area contributed by atoms with Crippen LogP contribution in [0, 0.1) is 11.8 Å². The minimum Gasteiger partial charge on any atom is -0.487 e. The van der Waals surface area contributed by atoms with Crippen molar-refractivity contribution in [2.45, 2.75) is 6.61 Å². The lowest BCUT2D eigenvalue weighted by atomic mass is 10.1. The van der Waals surface area contributed by atoms with E-state index >= 15 is 0 Å². The Balaban J connectivity index is 1.76. The molecule has 0 bridgehead atoms. The van der Waals surface area contributed by atoms with Crippen molar-refractivity contribution in [3.63, 3.8) is 0 Å². The van der Waals surface area contributed by atoms with Crippen LogP contribution in [-0.2, 0) is 6.61 Å². The maximum Gasteiger partial charge on any atom is 0.127 e. The summed E-state index contributed by atoms with van der Waals surface area (Å²) < 4.78 is 5.96. The predicted octanol–water partition coefficient (Wildman–Crippen LogP) is 3.79. The van der Waals surface area contributed by atoms with Crippen LogP contribution in [0.4, 0.5) is 0 Å². The molecule has 21 heavy (non-hydrogen) atoms. The number of benzene rings is 2. The van der Waals surface area contributed by atoms with E-state index in [-0.39, 0.29) is 0 Å². The van der Waals surface area contributed by atoms with Gasteiger partial charge in [0.1, 0.15) is 12.4 Å². The third-order valence-electron chi connectivity index (χ3n) is 3.11. The summed E-state index contributed by atoms with van der Waals surface area (Å²) in [4.78, 5) is 1.16. The van der Waals surface area contributed by atoms with Crippen LogP contribution in [0.15, 0.2) is 53.9 Å². The summed E-state index contributed by atoms with van der Waals surface area (Å²) in [5, 5.41) is 4.36. The quantitative estimate of drug-likeness (QED) is 0.746. The van der Waals surface area contributed by atoms with Gasteiger partial charge in [0, 0.05) is 21.2 Å². The lowest BCUT2D eigenvalue weighted by Gasteiger charge is -2.08. The number of hydrogen-bond donors (Lipinski definition) is 1. The maximum absolute atomic E-state index is 5.96. The Morgan fingerprint density at radius 3 is 2.86 bits per heavy atom. The fourth-order valence-corrected chi connectivity index (χ4v) is 2.87. The average molecular weight is 293 g/mol. The molecule has 0 aliphatic rings. The van der Waals surface area contributed by atoms with Crippen LogP contribution in [0.2, 0.25) is 0 Å². The van der Waals surface area contributed by atoms with E-state index in [2.05, 4.69) is 36.1 Å². The number of fused-ring (bicyclic) bond motifs is 1. The maximum atomic E-state index is 5.96. The molecule has 0 amide bonds. The third-order valence-corrected chi connectivity index (χ3v) is 4.02.